The molecular formula is C13H11BrN2O2. The van der Waals surface area contributed by atoms with Crippen molar-refractivity contribution < 1.29 is 9.90 Å². The molecule has 5 heteroatoms. The first kappa shape index (κ1) is 12.7. The van der Waals surface area contributed by atoms with Gasteiger partial charge in [-0.25, -0.2) is 14.8 Å². The molecule has 0 spiro atoms. The van der Waals surface area contributed by atoms with E-state index in [9.17, 15) is 4.79 Å². The molecule has 0 saturated heterocycles. The molecule has 2 rings (SSSR count). The molecule has 0 radical (unpaired) electrons. The molecule has 0 fully saturated rings. The maximum absolute atomic E-state index is 10.9. The Kier molecular flexibility index (Phi) is 3.43. The highest BCUT2D eigenvalue weighted by Gasteiger charge is 2.12. The summed E-state index contributed by atoms with van der Waals surface area (Å²) in [6, 6.07) is 5.84. The highest BCUT2D eigenvalue weighted by molar-refractivity contribution is 9.10. The predicted molar refractivity (Wildman–Crippen MR) is 71.6 cm³/mol. The normalized spacial score (nSPS) is 10.4. The first-order valence-electron chi connectivity index (χ1n) is 5.32. The maximum atomic E-state index is 10.9. The first-order chi connectivity index (χ1) is 8.49. The fraction of sp³-hybridized carbons (Fsp3) is 0.154. The molecule has 0 aliphatic carbocycles. The van der Waals surface area contributed by atoms with Gasteiger partial charge in [0.1, 0.15) is 0 Å². The SMILES string of the molecule is Cc1ccc(-c2ncc(C(=O)O)c(C)n2)c(Br)c1. The van der Waals surface area contributed by atoms with Gasteiger partial charge in [0, 0.05) is 16.2 Å². The quantitative estimate of drug-likeness (QED) is 0.925. The van der Waals surface area contributed by atoms with Gasteiger partial charge in [-0.05, 0) is 31.5 Å². The molecule has 0 aliphatic rings. The van der Waals surface area contributed by atoms with Crippen molar-refractivity contribution in [3.63, 3.8) is 0 Å². The first-order valence-corrected chi connectivity index (χ1v) is 6.12. The third kappa shape index (κ3) is 2.41. The molecule has 0 atom stereocenters. The topological polar surface area (TPSA) is 63.1 Å². The summed E-state index contributed by atoms with van der Waals surface area (Å²) in [5.74, 6) is -0.494. The Morgan fingerprint density at radius 2 is 2.06 bits per heavy atom. The van der Waals surface area contributed by atoms with E-state index in [1.165, 1.54) is 6.20 Å². The molecule has 0 saturated carbocycles. The molecule has 4 nitrogen and oxygen atoms in total. The average Bonchev–Trinajstić information content (AvgIpc) is 2.28. The molecule has 2 aromatic rings. The minimum absolute atomic E-state index is 0.127. The largest absolute Gasteiger partial charge is 0.478 e. The van der Waals surface area contributed by atoms with E-state index in [0.29, 0.717) is 11.5 Å². The van der Waals surface area contributed by atoms with E-state index in [0.717, 1.165) is 15.6 Å². The lowest BCUT2D eigenvalue weighted by Crippen LogP contribution is -2.04. The summed E-state index contributed by atoms with van der Waals surface area (Å²) in [7, 11) is 0. The summed E-state index contributed by atoms with van der Waals surface area (Å²) in [6.07, 6.45) is 1.34. The molecule has 18 heavy (non-hydrogen) atoms. The van der Waals surface area contributed by atoms with Gasteiger partial charge in [0.2, 0.25) is 0 Å². The van der Waals surface area contributed by atoms with Crippen LogP contribution in [0.1, 0.15) is 21.6 Å². The maximum Gasteiger partial charge on any atom is 0.339 e. The number of carbonyl (C=O) groups is 1. The summed E-state index contributed by atoms with van der Waals surface area (Å²) in [6.45, 7) is 3.66. The van der Waals surface area contributed by atoms with Gasteiger partial charge in [0.15, 0.2) is 5.82 Å². The molecule has 0 aliphatic heterocycles. The van der Waals surface area contributed by atoms with Crippen molar-refractivity contribution in [1.29, 1.82) is 0 Å². The van der Waals surface area contributed by atoms with E-state index >= 15 is 0 Å². The van der Waals surface area contributed by atoms with Crippen LogP contribution in [0.25, 0.3) is 11.4 Å². The van der Waals surface area contributed by atoms with Crippen molar-refractivity contribution in [3.8, 4) is 11.4 Å². The number of hydrogen-bond donors (Lipinski definition) is 1. The average molecular weight is 307 g/mol. The van der Waals surface area contributed by atoms with E-state index < -0.39 is 5.97 Å². The number of aromatic nitrogens is 2. The van der Waals surface area contributed by atoms with Crippen molar-refractivity contribution in [2.24, 2.45) is 0 Å². The summed E-state index contributed by atoms with van der Waals surface area (Å²) in [5.41, 5.74) is 2.56. The number of aromatic carboxylic acids is 1. The lowest BCUT2D eigenvalue weighted by atomic mass is 10.1. The Morgan fingerprint density at radius 1 is 1.33 bits per heavy atom. The van der Waals surface area contributed by atoms with Gasteiger partial charge in [-0.3, -0.25) is 0 Å². The standard InChI is InChI=1S/C13H11BrN2O2/c1-7-3-4-9(11(14)5-7)12-15-6-10(13(17)18)8(2)16-12/h3-6H,1-2H3,(H,17,18). The third-order valence-electron chi connectivity index (χ3n) is 2.58. The summed E-state index contributed by atoms with van der Waals surface area (Å²) in [5, 5.41) is 8.93. The lowest BCUT2D eigenvalue weighted by Gasteiger charge is -2.06. The van der Waals surface area contributed by atoms with Gasteiger partial charge in [-0.1, -0.05) is 22.0 Å². The number of aryl methyl sites for hydroxylation is 2. The second-order valence-corrected chi connectivity index (χ2v) is 4.84. The fourth-order valence-electron chi connectivity index (χ4n) is 1.61. The summed E-state index contributed by atoms with van der Waals surface area (Å²) in [4.78, 5) is 19.2. The number of rotatable bonds is 2. The second kappa shape index (κ2) is 4.86. The Bertz CT molecular complexity index is 626. The Labute approximate surface area is 113 Å². The van der Waals surface area contributed by atoms with E-state index in [1.807, 2.05) is 25.1 Å². The molecule has 0 amide bonds. The molecule has 1 aromatic heterocycles. The molecule has 1 heterocycles. The fourth-order valence-corrected chi connectivity index (χ4v) is 2.28. The zero-order chi connectivity index (χ0) is 13.3. The molecule has 1 N–H and O–H groups in total. The Balaban J connectivity index is 2.52. The monoisotopic (exact) mass is 306 g/mol. The summed E-state index contributed by atoms with van der Waals surface area (Å²) >= 11 is 3.46. The molecule has 0 unspecified atom stereocenters. The molecule has 0 bridgehead atoms. The van der Waals surface area contributed by atoms with Gasteiger partial charge >= 0.3 is 5.97 Å². The third-order valence-corrected chi connectivity index (χ3v) is 3.23. The van der Waals surface area contributed by atoms with Crippen molar-refractivity contribution in [2.45, 2.75) is 13.8 Å². The van der Waals surface area contributed by atoms with Crippen molar-refractivity contribution in [1.82, 2.24) is 9.97 Å². The number of carboxylic acids is 1. The van der Waals surface area contributed by atoms with Gasteiger partial charge in [0.25, 0.3) is 0 Å². The minimum atomic E-state index is -1.01. The van der Waals surface area contributed by atoms with Crippen LogP contribution in [0.3, 0.4) is 0 Å². The van der Waals surface area contributed by atoms with E-state index in [-0.39, 0.29) is 5.56 Å². The van der Waals surface area contributed by atoms with Crippen molar-refractivity contribution in [3.05, 3.63) is 45.7 Å². The number of halogens is 1. The zero-order valence-electron chi connectivity index (χ0n) is 9.94. The van der Waals surface area contributed by atoms with Crippen LogP contribution in [-0.4, -0.2) is 21.0 Å². The van der Waals surface area contributed by atoms with Crippen LogP contribution in [0.4, 0.5) is 0 Å². The molecule has 1 aromatic carbocycles. The zero-order valence-corrected chi connectivity index (χ0v) is 11.5. The van der Waals surface area contributed by atoms with Crippen molar-refractivity contribution in [2.75, 3.05) is 0 Å². The van der Waals surface area contributed by atoms with Gasteiger partial charge in [0.05, 0.1) is 11.3 Å². The van der Waals surface area contributed by atoms with E-state index in [1.54, 1.807) is 6.92 Å². The number of nitrogens with zero attached hydrogens (tertiary/aromatic N) is 2. The van der Waals surface area contributed by atoms with Crippen LogP contribution in [-0.2, 0) is 0 Å². The van der Waals surface area contributed by atoms with Gasteiger partial charge in [-0.2, -0.15) is 0 Å². The lowest BCUT2D eigenvalue weighted by molar-refractivity contribution is 0.0695. The predicted octanol–water partition coefficient (Wildman–Crippen LogP) is 3.22. The number of hydrogen-bond acceptors (Lipinski definition) is 3. The Hall–Kier alpha value is -1.75. The van der Waals surface area contributed by atoms with Crippen LogP contribution in [0.5, 0.6) is 0 Å². The highest BCUT2D eigenvalue weighted by atomic mass is 79.9. The second-order valence-electron chi connectivity index (χ2n) is 3.98. The smallest absolute Gasteiger partial charge is 0.339 e. The van der Waals surface area contributed by atoms with Crippen LogP contribution < -0.4 is 0 Å². The van der Waals surface area contributed by atoms with Crippen LogP contribution in [0.2, 0.25) is 0 Å². The molecule has 92 valence electrons. The minimum Gasteiger partial charge on any atom is -0.478 e. The van der Waals surface area contributed by atoms with Crippen LogP contribution in [0.15, 0.2) is 28.9 Å². The number of benzene rings is 1. The van der Waals surface area contributed by atoms with E-state index in [4.69, 9.17) is 5.11 Å². The van der Waals surface area contributed by atoms with Crippen molar-refractivity contribution >= 4 is 21.9 Å². The van der Waals surface area contributed by atoms with Gasteiger partial charge in [-0.15, -0.1) is 0 Å². The molecular weight excluding hydrogens is 296 g/mol. The van der Waals surface area contributed by atoms with Crippen LogP contribution >= 0.6 is 15.9 Å². The Morgan fingerprint density at radius 3 is 2.61 bits per heavy atom. The van der Waals surface area contributed by atoms with E-state index in [2.05, 4.69) is 25.9 Å². The van der Waals surface area contributed by atoms with Crippen LogP contribution in [0, 0.1) is 13.8 Å². The summed E-state index contributed by atoms with van der Waals surface area (Å²) < 4.78 is 0.893. The van der Waals surface area contributed by atoms with Gasteiger partial charge < -0.3 is 5.11 Å². The number of carboxylic acid groups (broad SMARTS) is 1. The highest BCUT2D eigenvalue weighted by Crippen LogP contribution is 2.26.